The minimum atomic E-state index is -0.659. The Kier molecular flexibility index (Phi) is 4.67. The Bertz CT molecular complexity index is 788. The zero-order chi connectivity index (χ0) is 21.3. The van der Waals surface area contributed by atoms with Crippen molar-refractivity contribution in [3.05, 3.63) is 11.6 Å². The fourth-order valence-corrected chi connectivity index (χ4v) is 8.71. The number of hydrogen-bond donors (Lipinski definition) is 1. The van der Waals surface area contributed by atoms with Crippen molar-refractivity contribution in [2.24, 2.45) is 34.5 Å². The van der Waals surface area contributed by atoms with Gasteiger partial charge in [-0.3, -0.25) is 4.79 Å². The van der Waals surface area contributed by atoms with Crippen molar-refractivity contribution in [2.75, 3.05) is 6.61 Å². The van der Waals surface area contributed by atoms with E-state index in [2.05, 4.69) is 13.8 Å². The Labute approximate surface area is 179 Å². The average Bonchev–Trinajstić information content (AvgIpc) is 3.22. The predicted molar refractivity (Wildman–Crippen MR) is 111 cm³/mol. The van der Waals surface area contributed by atoms with Crippen LogP contribution < -0.4 is 0 Å². The molecule has 0 unspecified atom stereocenters. The van der Waals surface area contributed by atoms with Gasteiger partial charge in [-0.2, -0.15) is 0 Å². The van der Waals surface area contributed by atoms with Crippen LogP contribution in [-0.2, 0) is 19.1 Å². The Morgan fingerprint density at radius 2 is 1.90 bits per heavy atom. The first-order valence-corrected chi connectivity index (χ1v) is 11.9. The molecule has 0 aromatic rings. The van der Waals surface area contributed by atoms with Crippen molar-refractivity contribution in [1.29, 1.82) is 0 Å². The number of hydrogen-bond acceptors (Lipinski definition) is 5. The van der Waals surface area contributed by atoms with Gasteiger partial charge < -0.3 is 14.6 Å². The van der Waals surface area contributed by atoms with Crippen LogP contribution in [0.3, 0.4) is 0 Å². The minimum Gasteiger partial charge on any atom is -0.463 e. The van der Waals surface area contributed by atoms with E-state index in [1.165, 1.54) is 6.92 Å². The standard InChI is InChI=1S/C25H36O5/c1-15(26)30-18-6-9-23(2)17(13-18)4-5-21-20(23)7-10-24(3)19(8-11-25(21,24)28)16-12-22(27)29-14-16/h12,17-21,28H,4-11,13-14H2,1-3H3/t17-,18-,19+,20+,21-,23-,24-,25-/m1/s1. The summed E-state index contributed by atoms with van der Waals surface area (Å²) in [5.74, 6) is 1.29. The lowest BCUT2D eigenvalue weighted by Gasteiger charge is -2.63. The van der Waals surface area contributed by atoms with Crippen molar-refractivity contribution >= 4 is 11.9 Å². The second kappa shape index (κ2) is 6.82. The number of fused-ring (bicyclic) bond motifs is 5. The van der Waals surface area contributed by atoms with Crippen molar-refractivity contribution in [2.45, 2.75) is 90.3 Å². The molecular weight excluding hydrogens is 380 g/mol. The molecule has 4 saturated carbocycles. The second-order valence-corrected chi connectivity index (χ2v) is 11.3. The van der Waals surface area contributed by atoms with Crippen molar-refractivity contribution in [3.63, 3.8) is 0 Å². The van der Waals surface area contributed by atoms with E-state index in [0.717, 1.165) is 63.4 Å². The number of aliphatic hydroxyl groups is 1. The highest BCUT2D eigenvalue weighted by Crippen LogP contribution is 2.69. The highest BCUT2D eigenvalue weighted by Gasteiger charge is 2.67. The molecule has 0 spiro atoms. The van der Waals surface area contributed by atoms with Gasteiger partial charge in [-0.1, -0.05) is 13.8 Å². The lowest BCUT2D eigenvalue weighted by Crippen LogP contribution is -2.62. The van der Waals surface area contributed by atoms with Gasteiger partial charge in [-0.05, 0) is 92.4 Å². The maximum Gasteiger partial charge on any atom is 0.331 e. The fourth-order valence-electron chi connectivity index (χ4n) is 8.71. The second-order valence-electron chi connectivity index (χ2n) is 11.3. The molecule has 4 fully saturated rings. The molecule has 1 aliphatic heterocycles. The molecule has 4 aliphatic carbocycles. The van der Waals surface area contributed by atoms with Crippen LogP contribution in [0, 0.1) is 34.5 Å². The fraction of sp³-hybridized carbons (Fsp3) is 0.840. The predicted octanol–water partition coefficient (Wildman–Crippen LogP) is 4.18. The first-order chi connectivity index (χ1) is 14.2. The summed E-state index contributed by atoms with van der Waals surface area (Å²) < 4.78 is 10.8. The molecule has 5 nitrogen and oxygen atoms in total. The normalized spacial score (nSPS) is 50.1. The Hall–Kier alpha value is -1.36. The van der Waals surface area contributed by atoms with E-state index in [9.17, 15) is 14.7 Å². The maximum atomic E-state index is 12.2. The van der Waals surface area contributed by atoms with E-state index >= 15 is 0 Å². The van der Waals surface area contributed by atoms with E-state index in [-0.39, 0.29) is 34.8 Å². The van der Waals surface area contributed by atoms with Crippen LogP contribution in [0.15, 0.2) is 11.6 Å². The smallest absolute Gasteiger partial charge is 0.331 e. The summed E-state index contributed by atoms with van der Waals surface area (Å²) in [6, 6.07) is 0. The molecule has 0 aromatic carbocycles. The average molecular weight is 417 g/mol. The minimum absolute atomic E-state index is 0.0665. The third-order valence-corrected chi connectivity index (χ3v) is 10.3. The van der Waals surface area contributed by atoms with E-state index in [0.29, 0.717) is 24.4 Å². The molecule has 5 heteroatoms. The summed E-state index contributed by atoms with van der Waals surface area (Å²) in [4.78, 5) is 23.1. The van der Waals surface area contributed by atoms with Gasteiger partial charge >= 0.3 is 11.9 Å². The highest BCUT2D eigenvalue weighted by atomic mass is 16.5. The van der Waals surface area contributed by atoms with Gasteiger partial charge in [0.05, 0.1) is 5.60 Å². The zero-order valence-electron chi connectivity index (χ0n) is 18.6. The van der Waals surface area contributed by atoms with Gasteiger partial charge in [0.25, 0.3) is 0 Å². The monoisotopic (exact) mass is 416 g/mol. The highest BCUT2D eigenvalue weighted by molar-refractivity contribution is 5.85. The van der Waals surface area contributed by atoms with E-state index in [4.69, 9.17) is 9.47 Å². The Balaban J connectivity index is 1.40. The Morgan fingerprint density at radius 1 is 1.10 bits per heavy atom. The quantitative estimate of drug-likeness (QED) is 0.684. The molecule has 0 aromatic heterocycles. The summed E-state index contributed by atoms with van der Waals surface area (Å²) in [5, 5.41) is 12.2. The number of cyclic esters (lactones) is 1. The lowest BCUT2D eigenvalue weighted by molar-refractivity contribution is -0.209. The van der Waals surface area contributed by atoms with E-state index < -0.39 is 5.60 Å². The molecule has 0 saturated heterocycles. The topological polar surface area (TPSA) is 72.8 Å². The van der Waals surface area contributed by atoms with Crippen molar-refractivity contribution < 1.29 is 24.2 Å². The SMILES string of the molecule is CC(=O)O[C@@H]1CC[C@]2(C)[C@H](CC[C@@H]3[C@@H]2CC[C@]2(C)[C@H](C4=CC(=O)OC4)CC[C@@]32O)C1. The van der Waals surface area contributed by atoms with E-state index in [1.807, 2.05) is 0 Å². The van der Waals surface area contributed by atoms with Gasteiger partial charge in [-0.25, -0.2) is 4.79 Å². The third kappa shape index (κ3) is 2.76. The number of esters is 2. The first-order valence-electron chi connectivity index (χ1n) is 11.9. The van der Waals surface area contributed by atoms with Gasteiger partial charge in [0.2, 0.25) is 0 Å². The summed E-state index contributed by atoms with van der Waals surface area (Å²) in [7, 11) is 0. The van der Waals surface area contributed by atoms with Crippen LogP contribution >= 0.6 is 0 Å². The van der Waals surface area contributed by atoms with Crippen LogP contribution in [0.5, 0.6) is 0 Å². The molecule has 30 heavy (non-hydrogen) atoms. The van der Waals surface area contributed by atoms with Crippen LogP contribution in [0.1, 0.15) is 78.6 Å². The van der Waals surface area contributed by atoms with Crippen molar-refractivity contribution in [3.8, 4) is 0 Å². The maximum absolute atomic E-state index is 12.2. The molecule has 0 amide bonds. The zero-order valence-corrected chi connectivity index (χ0v) is 18.6. The summed E-state index contributed by atoms with van der Waals surface area (Å²) in [6.45, 7) is 6.64. The summed E-state index contributed by atoms with van der Waals surface area (Å²) >= 11 is 0. The molecular formula is C25H36O5. The largest absolute Gasteiger partial charge is 0.463 e. The molecule has 1 heterocycles. The van der Waals surface area contributed by atoms with Crippen molar-refractivity contribution in [1.82, 2.24) is 0 Å². The van der Waals surface area contributed by atoms with Gasteiger partial charge in [0, 0.05) is 18.4 Å². The number of rotatable bonds is 2. The summed E-state index contributed by atoms with van der Waals surface area (Å²) in [6.07, 6.45) is 10.9. The third-order valence-electron chi connectivity index (χ3n) is 10.3. The molecule has 5 rings (SSSR count). The molecule has 5 aliphatic rings. The molecule has 0 bridgehead atoms. The number of carbonyl (C=O) groups is 2. The molecule has 1 N–H and O–H groups in total. The van der Waals surface area contributed by atoms with Crippen LogP contribution in [0.2, 0.25) is 0 Å². The molecule has 166 valence electrons. The lowest BCUT2D eigenvalue weighted by atomic mass is 9.43. The number of ether oxygens (including phenoxy) is 2. The molecule has 0 radical (unpaired) electrons. The van der Waals surface area contributed by atoms with Crippen LogP contribution in [0.25, 0.3) is 0 Å². The number of carbonyl (C=O) groups excluding carboxylic acids is 2. The van der Waals surface area contributed by atoms with E-state index in [1.54, 1.807) is 6.08 Å². The van der Waals surface area contributed by atoms with Crippen LogP contribution in [0.4, 0.5) is 0 Å². The van der Waals surface area contributed by atoms with Gasteiger partial charge in [0.1, 0.15) is 12.7 Å². The first kappa shape index (κ1) is 20.5. The summed E-state index contributed by atoms with van der Waals surface area (Å²) in [5.41, 5.74) is 0.485. The Morgan fingerprint density at radius 3 is 2.60 bits per heavy atom. The van der Waals surface area contributed by atoms with Crippen LogP contribution in [-0.4, -0.2) is 35.4 Å². The van der Waals surface area contributed by atoms with Gasteiger partial charge in [0.15, 0.2) is 0 Å². The molecule has 8 atom stereocenters. The van der Waals surface area contributed by atoms with Gasteiger partial charge in [-0.15, -0.1) is 0 Å².